The number of hydrogen-bond acceptors (Lipinski definition) is 6. The number of nitrogens with two attached hydrogens (primary N) is 1. The topological polar surface area (TPSA) is 89.9 Å². The van der Waals surface area contributed by atoms with Crippen LogP contribution in [0.4, 0.5) is 11.5 Å². The molecule has 0 amide bonds. The predicted molar refractivity (Wildman–Crippen MR) is 74.7 cm³/mol. The molecule has 0 spiro atoms. The zero-order valence-electron chi connectivity index (χ0n) is 10.3. The van der Waals surface area contributed by atoms with Crippen molar-refractivity contribution >= 4 is 31.1 Å². The zero-order valence-corrected chi connectivity index (χ0v) is 10.3. The van der Waals surface area contributed by atoms with Gasteiger partial charge in [0.15, 0.2) is 11.3 Å². The molecular weight excluding hydrogens is 241 g/mol. The van der Waals surface area contributed by atoms with Crippen molar-refractivity contribution < 1.29 is 4.42 Å². The molecule has 3 N–H and O–H groups in total. The Labute approximate surface area is 111 Å². The van der Waals surface area contributed by atoms with Crippen LogP contribution in [0.25, 0.3) is 22.7 Å². The highest BCUT2D eigenvalue weighted by Gasteiger charge is 2.12. The lowest BCUT2D eigenvalue weighted by Gasteiger charge is -1.96. The van der Waals surface area contributed by atoms with E-state index in [0.29, 0.717) is 28.6 Å². The molecule has 0 unspecified atom stereocenters. The molecule has 0 aliphatic heterocycles. The second-order valence-corrected chi connectivity index (χ2v) is 3.77. The highest BCUT2D eigenvalue weighted by atomic mass is 16.4. The molecule has 2 aromatic heterocycles. The van der Waals surface area contributed by atoms with Gasteiger partial charge >= 0.3 is 0 Å². The summed E-state index contributed by atoms with van der Waals surface area (Å²) < 4.78 is 5.59. The van der Waals surface area contributed by atoms with E-state index in [-0.39, 0.29) is 8.41 Å². The van der Waals surface area contributed by atoms with Gasteiger partial charge in [0.25, 0.3) is 5.71 Å². The average molecular weight is 252 g/mol. The molecule has 0 atom stereocenters. The van der Waals surface area contributed by atoms with Gasteiger partial charge < -0.3 is 15.5 Å². The van der Waals surface area contributed by atoms with Gasteiger partial charge in [-0.05, 0) is 18.2 Å². The summed E-state index contributed by atoms with van der Waals surface area (Å²) in [6, 6.07) is 7.35. The van der Waals surface area contributed by atoms with Crippen molar-refractivity contribution in [2.75, 3.05) is 18.1 Å². The summed E-state index contributed by atoms with van der Waals surface area (Å²) >= 11 is 0. The number of nitrogens with zero attached hydrogens (tertiary/aromatic N) is 3. The summed E-state index contributed by atoms with van der Waals surface area (Å²) in [6.07, 6.45) is 1.43. The van der Waals surface area contributed by atoms with Gasteiger partial charge in [-0.15, -0.1) is 0 Å². The Morgan fingerprint density at radius 1 is 1.26 bits per heavy atom. The summed E-state index contributed by atoms with van der Waals surface area (Å²) in [5.41, 5.74) is 8.27. The molecule has 2 heterocycles. The maximum Gasteiger partial charge on any atom is 0.252 e. The van der Waals surface area contributed by atoms with Crippen LogP contribution >= 0.6 is 0 Å². The van der Waals surface area contributed by atoms with Gasteiger partial charge in [-0.25, -0.2) is 9.97 Å². The number of rotatable bonds is 2. The van der Waals surface area contributed by atoms with Crippen molar-refractivity contribution in [1.29, 1.82) is 0 Å². The van der Waals surface area contributed by atoms with Crippen molar-refractivity contribution in [3.63, 3.8) is 0 Å². The van der Waals surface area contributed by atoms with E-state index in [1.165, 1.54) is 6.33 Å². The van der Waals surface area contributed by atoms with Gasteiger partial charge in [-0.1, -0.05) is 6.07 Å². The van der Waals surface area contributed by atoms with Crippen LogP contribution in [0.5, 0.6) is 0 Å². The third-order valence-corrected chi connectivity index (χ3v) is 2.57. The van der Waals surface area contributed by atoms with E-state index in [0.717, 1.165) is 5.56 Å². The Balaban J connectivity index is 0.00000133. The number of aromatic nitrogens is 3. The van der Waals surface area contributed by atoms with Gasteiger partial charge in [0.1, 0.15) is 6.33 Å². The van der Waals surface area contributed by atoms with Gasteiger partial charge in [0.05, 0.1) is 0 Å². The van der Waals surface area contributed by atoms with Crippen LogP contribution in [0, 0.1) is 0 Å². The molecule has 1 aromatic carbocycles. The predicted octanol–water partition coefficient (Wildman–Crippen LogP) is 1.53. The fourth-order valence-electron chi connectivity index (χ4n) is 1.73. The largest absolute Gasteiger partial charge is 0.417 e. The van der Waals surface area contributed by atoms with Crippen LogP contribution in [0.2, 0.25) is 0 Å². The molecule has 7 heteroatoms. The summed E-state index contributed by atoms with van der Waals surface area (Å²) in [5, 5.41) is 2.95. The minimum absolute atomic E-state index is 0. The van der Waals surface area contributed by atoms with Crippen molar-refractivity contribution in [1.82, 2.24) is 15.0 Å². The monoisotopic (exact) mass is 252 g/mol. The molecule has 0 saturated heterocycles. The van der Waals surface area contributed by atoms with Gasteiger partial charge in [-0.2, -0.15) is 4.98 Å². The molecule has 0 fully saturated rings. The van der Waals surface area contributed by atoms with Gasteiger partial charge in [0, 0.05) is 26.7 Å². The van der Waals surface area contributed by atoms with Crippen LogP contribution in [0.3, 0.4) is 0 Å². The Kier molecular flexibility index (Phi) is 3.37. The number of oxazole rings is 1. The lowest BCUT2D eigenvalue weighted by Crippen LogP contribution is -1.93. The Bertz CT molecular complexity index is 712. The van der Waals surface area contributed by atoms with Crippen molar-refractivity contribution in [3.05, 3.63) is 30.6 Å². The standard InChI is InChI=1S/C12H11N5O.B/c1-14-10-9-12(16-6-15-10)18-11(17-9)7-3-2-4-8(13)5-7;/h2-6H,13H2,1H3,(H,14,15,16);. The van der Waals surface area contributed by atoms with E-state index in [4.69, 9.17) is 10.2 Å². The Hall–Kier alpha value is -2.57. The second-order valence-electron chi connectivity index (χ2n) is 3.77. The number of nitrogens with one attached hydrogen (secondary N) is 1. The lowest BCUT2D eigenvalue weighted by atomic mass is 10.2. The zero-order chi connectivity index (χ0) is 12.5. The molecule has 0 aliphatic rings. The Morgan fingerprint density at radius 2 is 2.11 bits per heavy atom. The minimum atomic E-state index is 0. The molecular formula is C12H11BN5O. The van der Waals surface area contributed by atoms with E-state index >= 15 is 0 Å². The molecule has 0 aliphatic carbocycles. The minimum Gasteiger partial charge on any atom is -0.417 e. The molecule has 0 saturated carbocycles. The summed E-state index contributed by atoms with van der Waals surface area (Å²) in [7, 11) is 1.77. The second kappa shape index (κ2) is 4.97. The number of benzene rings is 1. The fourth-order valence-corrected chi connectivity index (χ4v) is 1.73. The van der Waals surface area contributed by atoms with E-state index in [2.05, 4.69) is 20.3 Å². The molecule has 3 radical (unpaired) electrons. The third-order valence-electron chi connectivity index (χ3n) is 2.57. The normalized spacial score (nSPS) is 10.2. The van der Waals surface area contributed by atoms with Crippen LogP contribution in [0.15, 0.2) is 35.0 Å². The van der Waals surface area contributed by atoms with E-state index in [1.54, 1.807) is 13.1 Å². The smallest absolute Gasteiger partial charge is 0.252 e. The maximum atomic E-state index is 5.74. The molecule has 6 nitrogen and oxygen atoms in total. The first-order chi connectivity index (χ1) is 8.78. The highest BCUT2D eigenvalue weighted by Crippen LogP contribution is 2.26. The van der Waals surface area contributed by atoms with Crippen LogP contribution in [-0.4, -0.2) is 30.4 Å². The molecule has 93 valence electrons. The van der Waals surface area contributed by atoms with E-state index in [1.807, 2.05) is 18.2 Å². The first kappa shape index (κ1) is 12.9. The first-order valence-electron chi connectivity index (χ1n) is 5.43. The van der Waals surface area contributed by atoms with Crippen LogP contribution in [-0.2, 0) is 0 Å². The van der Waals surface area contributed by atoms with Crippen molar-refractivity contribution in [2.45, 2.75) is 0 Å². The molecule has 0 bridgehead atoms. The quantitative estimate of drug-likeness (QED) is 0.531. The average Bonchev–Trinajstić information content (AvgIpc) is 2.82. The highest BCUT2D eigenvalue weighted by molar-refractivity contribution is 5.83. The third kappa shape index (κ3) is 2.22. The first-order valence-corrected chi connectivity index (χ1v) is 5.43. The van der Waals surface area contributed by atoms with E-state index in [9.17, 15) is 0 Å². The molecule has 19 heavy (non-hydrogen) atoms. The number of nitrogen functional groups attached to an aromatic ring is 1. The molecule has 3 aromatic rings. The van der Waals surface area contributed by atoms with Crippen LogP contribution < -0.4 is 11.1 Å². The van der Waals surface area contributed by atoms with Gasteiger partial charge in [-0.3, -0.25) is 0 Å². The van der Waals surface area contributed by atoms with Crippen LogP contribution in [0.1, 0.15) is 0 Å². The summed E-state index contributed by atoms with van der Waals surface area (Å²) in [6.45, 7) is 0. The summed E-state index contributed by atoms with van der Waals surface area (Å²) in [5.74, 6) is 1.12. The molecule has 3 rings (SSSR count). The number of hydrogen-bond donors (Lipinski definition) is 2. The van der Waals surface area contributed by atoms with Crippen molar-refractivity contribution in [3.8, 4) is 11.5 Å². The number of fused-ring (bicyclic) bond motifs is 1. The Morgan fingerprint density at radius 3 is 2.84 bits per heavy atom. The van der Waals surface area contributed by atoms with Gasteiger partial charge in [0.2, 0.25) is 5.89 Å². The summed E-state index contributed by atoms with van der Waals surface area (Å²) in [4.78, 5) is 12.5. The fraction of sp³-hybridized carbons (Fsp3) is 0.0833. The lowest BCUT2D eigenvalue weighted by molar-refractivity contribution is 0.607. The van der Waals surface area contributed by atoms with E-state index < -0.39 is 0 Å². The SMILES string of the molecule is CNc1ncnc2oc(-c3cccc(N)c3)nc12.[B]. The number of anilines is 2. The maximum absolute atomic E-state index is 5.74. The van der Waals surface area contributed by atoms with Crippen molar-refractivity contribution in [2.24, 2.45) is 0 Å².